The Labute approximate surface area is 111 Å². The SMILES string of the molecule is CCC1(C(=O)O)CCN(C(=O)NCCNC(N)=O)C1. The number of carboxylic acids is 1. The number of aliphatic carboxylic acids is 1. The highest BCUT2D eigenvalue weighted by Gasteiger charge is 2.44. The van der Waals surface area contributed by atoms with Gasteiger partial charge in [-0.3, -0.25) is 4.79 Å². The standard InChI is InChI=1S/C11H20N4O4/c1-2-11(8(16)17)3-6-15(7-11)10(19)14-5-4-13-9(12)18/h2-7H2,1H3,(H,14,19)(H,16,17)(H3,12,13,18). The highest BCUT2D eigenvalue weighted by molar-refractivity contribution is 5.79. The molecule has 5 N–H and O–H groups in total. The molecule has 1 unspecified atom stereocenters. The van der Waals surface area contributed by atoms with Crippen molar-refractivity contribution in [2.75, 3.05) is 26.2 Å². The molecule has 0 aromatic rings. The third kappa shape index (κ3) is 3.73. The van der Waals surface area contributed by atoms with Gasteiger partial charge in [-0.2, -0.15) is 0 Å². The zero-order chi connectivity index (χ0) is 14.5. The predicted molar refractivity (Wildman–Crippen MR) is 67.5 cm³/mol. The van der Waals surface area contributed by atoms with E-state index in [0.29, 0.717) is 19.4 Å². The first-order valence-corrected chi connectivity index (χ1v) is 6.21. The molecule has 0 bridgehead atoms. The van der Waals surface area contributed by atoms with Gasteiger partial charge in [0, 0.05) is 26.2 Å². The number of hydrogen-bond donors (Lipinski definition) is 4. The van der Waals surface area contributed by atoms with Crippen LogP contribution in [0, 0.1) is 5.41 Å². The first-order valence-electron chi connectivity index (χ1n) is 6.21. The van der Waals surface area contributed by atoms with E-state index in [2.05, 4.69) is 10.6 Å². The lowest BCUT2D eigenvalue weighted by molar-refractivity contribution is -0.148. The van der Waals surface area contributed by atoms with Gasteiger partial charge in [-0.1, -0.05) is 6.92 Å². The minimum absolute atomic E-state index is 0.216. The number of carbonyl (C=O) groups excluding carboxylic acids is 2. The van der Waals surface area contributed by atoms with E-state index in [4.69, 9.17) is 5.73 Å². The van der Waals surface area contributed by atoms with E-state index < -0.39 is 17.4 Å². The number of nitrogens with zero attached hydrogens (tertiary/aromatic N) is 1. The molecule has 0 aromatic carbocycles. The third-order valence-corrected chi connectivity index (χ3v) is 3.47. The first-order chi connectivity index (χ1) is 8.91. The van der Waals surface area contributed by atoms with Gasteiger partial charge in [0.2, 0.25) is 0 Å². The number of nitrogens with two attached hydrogens (primary N) is 1. The van der Waals surface area contributed by atoms with Crippen LogP contribution >= 0.6 is 0 Å². The summed E-state index contributed by atoms with van der Waals surface area (Å²) in [6, 6.07) is -0.964. The average Bonchev–Trinajstić information content (AvgIpc) is 2.80. The van der Waals surface area contributed by atoms with Gasteiger partial charge in [-0.25, -0.2) is 9.59 Å². The fourth-order valence-electron chi connectivity index (χ4n) is 2.13. The van der Waals surface area contributed by atoms with Crippen molar-refractivity contribution in [1.29, 1.82) is 0 Å². The number of urea groups is 2. The Bertz CT molecular complexity index is 374. The third-order valence-electron chi connectivity index (χ3n) is 3.47. The molecule has 1 rings (SSSR count). The van der Waals surface area contributed by atoms with E-state index >= 15 is 0 Å². The van der Waals surface area contributed by atoms with Crippen molar-refractivity contribution in [2.24, 2.45) is 11.1 Å². The summed E-state index contributed by atoms with van der Waals surface area (Å²) in [5, 5.41) is 14.2. The summed E-state index contributed by atoms with van der Waals surface area (Å²) in [5.74, 6) is -0.860. The summed E-state index contributed by atoms with van der Waals surface area (Å²) in [5.41, 5.74) is 4.05. The number of primary amides is 1. The van der Waals surface area contributed by atoms with Crippen LogP contribution in [-0.4, -0.2) is 54.2 Å². The molecule has 108 valence electrons. The minimum atomic E-state index is -0.860. The fourth-order valence-corrected chi connectivity index (χ4v) is 2.13. The number of nitrogens with one attached hydrogen (secondary N) is 2. The van der Waals surface area contributed by atoms with E-state index in [0.717, 1.165) is 0 Å². The molecule has 0 aliphatic carbocycles. The van der Waals surface area contributed by atoms with E-state index in [1.165, 1.54) is 4.90 Å². The van der Waals surface area contributed by atoms with Gasteiger partial charge in [0.15, 0.2) is 0 Å². The lowest BCUT2D eigenvalue weighted by Gasteiger charge is -2.23. The molecule has 1 heterocycles. The van der Waals surface area contributed by atoms with Crippen molar-refractivity contribution in [3.63, 3.8) is 0 Å². The number of amides is 4. The zero-order valence-corrected chi connectivity index (χ0v) is 10.9. The topological polar surface area (TPSA) is 125 Å². The summed E-state index contributed by atoms with van der Waals surface area (Å²) < 4.78 is 0. The molecule has 1 fully saturated rings. The number of likely N-dealkylation sites (tertiary alicyclic amines) is 1. The molecule has 4 amide bonds. The van der Waals surface area contributed by atoms with E-state index in [1.54, 1.807) is 0 Å². The van der Waals surface area contributed by atoms with Crippen LogP contribution in [0.4, 0.5) is 9.59 Å². The highest BCUT2D eigenvalue weighted by Crippen LogP contribution is 2.33. The van der Waals surface area contributed by atoms with Crippen molar-refractivity contribution >= 4 is 18.0 Å². The second kappa shape index (κ2) is 6.26. The minimum Gasteiger partial charge on any atom is -0.481 e. The molecule has 8 heteroatoms. The van der Waals surface area contributed by atoms with Crippen molar-refractivity contribution < 1.29 is 19.5 Å². The van der Waals surface area contributed by atoms with Crippen molar-refractivity contribution in [3.8, 4) is 0 Å². The number of carboxylic acid groups (broad SMARTS) is 1. The van der Waals surface area contributed by atoms with Crippen LogP contribution < -0.4 is 16.4 Å². The first kappa shape index (κ1) is 15.1. The molecule has 1 aliphatic rings. The van der Waals surface area contributed by atoms with Gasteiger partial charge in [-0.05, 0) is 12.8 Å². The van der Waals surface area contributed by atoms with E-state index in [1.807, 2.05) is 6.92 Å². The van der Waals surface area contributed by atoms with Gasteiger partial charge < -0.3 is 26.4 Å². The molecule has 0 radical (unpaired) electrons. The van der Waals surface area contributed by atoms with E-state index in [-0.39, 0.29) is 25.7 Å². The van der Waals surface area contributed by atoms with Crippen LogP contribution in [0.1, 0.15) is 19.8 Å². The molecule has 1 atom stereocenters. The summed E-state index contributed by atoms with van der Waals surface area (Å²) >= 11 is 0. The Morgan fingerprint density at radius 1 is 1.32 bits per heavy atom. The van der Waals surface area contributed by atoms with Gasteiger partial charge in [0.1, 0.15) is 0 Å². The maximum Gasteiger partial charge on any atom is 0.317 e. The molecular weight excluding hydrogens is 252 g/mol. The summed E-state index contributed by atoms with van der Waals surface area (Å²) in [7, 11) is 0. The molecule has 0 spiro atoms. The van der Waals surface area contributed by atoms with Crippen LogP contribution in [0.2, 0.25) is 0 Å². The summed E-state index contributed by atoms with van der Waals surface area (Å²) in [6.07, 6.45) is 0.959. The van der Waals surface area contributed by atoms with Crippen molar-refractivity contribution in [3.05, 3.63) is 0 Å². The summed E-state index contributed by atoms with van der Waals surface area (Å²) in [4.78, 5) is 34.9. The van der Waals surface area contributed by atoms with Crippen molar-refractivity contribution in [2.45, 2.75) is 19.8 Å². The van der Waals surface area contributed by atoms with Crippen LogP contribution in [0.25, 0.3) is 0 Å². The number of hydrogen-bond acceptors (Lipinski definition) is 3. The highest BCUT2D eigenvalue weighted by atomic mass is 16.4. The van der Waals surface area contributed by atoms with Crippen molar-refractivity contribution in [1.82, 2.24) is 15.5 Å². The zero-order valence-electron chi connectivity index (χ0n) is 10.9. The Kier molecular flexibility index (Phi) is 4.96. The maximum absolute atomic E-state index is 11.8. The smallest absolute Gasteiger partial charge is 0.317 e. The fraction of sp³-hybridized carbons (Fsp3) is 0.727. The average molecular weight is 272 g/mol. The summed E-state index contributed by atoms with van der Waals surface area (Å²) in [6.45, 7) is 2.95. The quantitative estimate of drug-likeness (QED) is 0.506. The molecule has 0 aromatic heterocycles. The number of carbonyl (C=O) groups is 3. The van der Waals surface area contributed by atoms with E-state index in [9.17, 15) is 19.5 Å². The van der Waals surface area contributed by atoms with Crippen LogP contribution in [0.15, 0.2) is 0 Å². The molecule has 1 saturated heterocycles. The monoisotopic (exact) mass is 272 g/mol. The molecule has 0 saturated carbocycles. The Morgan fingerprint density at radius 2 is 1.95 bits per heavy atom. The largest absolute Gasteiger partial charge is 0.481 e. The molecular formula is C11H20N4O4. The van der Waals surface area contributed by atoms with Gasteiger partial charge in [0.05, 0.1) is 5.41 Å². The maximum atomic E-state index is 11.8. The van der Waals surface area contributed by atoms with Crippen LogP contribution in [0.5, 0.6) is 0 Å². The van der Waals surface area contributed by atoms with Gasteiger partial charge in [0.25, 0.3) is 0 Å². The molecule has 8 nitrogen and oxygen atoms in total. The predicted octanol–water partition coefficient (Wildman–Crippen LogP) is -0.449. The Balaban J connectivity index is 2.39. The Morgan fingerprint density at radius 3 is 2.42 bits per heavy atom. The van der Waals surface area contributed by atoms with Gasteiger partial charge >= 0.3 is 18.0 Å². The lowest BCUT2D eigenvalue weighted by Crippen LogP contribution is -2.44. The normalized spacial score (nSPS) is 22.1. The number of rotatable bonds is 5. The second-order valence-corrected chi connectivity index (χ2v) is 4.63. The van der Waals surface area contributed by atoms with Crippen LogP contribution in [0.3, 0.4) is 0 Å². The second-order valence-electron chi connectivity index (χ2n) is 4.63. The van der Waals surface area contributed by atoms with Gasteiger partial charge in [-0.15, -0.1) is 0 Å². The molecule has 1 aliphatic heterocycles. The van der Waals surface area contributed by atoms with Crippen LogP contribution in [-0.2, 0) is 4.79 Å². The Hall–Kier alpha value is -1.99. The lowest BCUT2D eigenvalue weighted by atomic mass is 9.84. The molecule has 19 heavy (non-hydrogen) atoms.